The molecule has 0 aliphatic carbocycles. The third-order valence-electron chi connectivity index (χ3n) is 2.40. The molecule has 1 atom stereocenters. The molecule has 0 amide bonds. The first-order valence-corrected chi connectivity index (χ1v) is 5.48. The molecular formula is C12H25N3. The van der Waals surface area contributed by atoms with Gasteiger partial charge in [-0.05, 0) is 40.1 Å². The molecule has 0 saturated carbocycles. The summed E-state index contributed by atoms with van der Waals surface area (Å²) in [5.41, 5.74) is 6.86. The van der Waals surface area contributed by atoms with Crippen molar-refractivity contribution in [2.75, 3.05) is 34.2 Å². The average Bonchev–Trinajstić information content (AvgIpc) is 2.17. The van der Waals surface area contributed by atoms with E-state index in [4.69, 9.17) is 5.73 Å². The smallest absolute Gasteiger partial charge is 0.0254 e. The van der Waals surface area contributed by atoms with Crippen LogP contribution in [-0.4, -0.2) is 45.2 Å². The first kappa shape index (κ1) is 14.4. The summed E-state index contributed by atoms with van der Waals surface area (Å²) in [6, 6.07) is 0.518. The molecular weight excluding hydrogens is 186 g/mol. The highest BCUT2D eigenvalue weighted by atomic mass is 15.1. The van der Waals surface area contributed by atoms with Crippen molar-refractivity contribution >= 4 is 0 Å². The fourth-order valence-corrected chi connectivity index (χ4v) is 1.53. The number of nitrogens with two attached hydrogens (primary N) is 1. The summed E-state index contributed by atoms with van der Waals surface area (Å²) in [5.74, 6) is 0. The van der Waals surface area contributed by atoms with E-state index >= 15 is 0 Å². The quantitative estimate of drug-likeness (QED) is 0.617. The molecule has 0 fully saturated rings. The Morgan fingerprint density at radius 2 is 2.13 bits per heavy atom. The fourth-order valence-electron chi connectivity index (χ4n) is 1.53. The molecule has 3 nitrogen and oxygen atoms in total. The maximum Gasteiger partial charge on any atom is 0.0254 e. The van der Waals surface area contributed by atoms with Gasteiger partial charge in [0, 0.05) is 19.1 Å². The summed E-state index contributed by atoms with van der Waals surface area (Å²) in [5, 5.41) is 3.21. The van der Waals surface area contributed by atoms with E-state index in [1.54, 1.807) is 0 Å². The van der Waals surface area contributed by atoms with Crippen molar-refractivity contribution in [1.29, 1.82) is 0 Å². The highest BCUT2D eigenvalue weighted by Gasteiger charge is 2.10. The molecule has 0 heterocycles. The van der Waals surface area contributed by atoms with Crippen molar-refractivity contribution in [2.45, 2.75) is 19.4 Å². The number of nitrogens with zero attached hydrogens (tertiary/aromatic N) is 1. The number of allylic oxidation sites excluding steroid dienone is 2. The third kappa shape index (κ3) is 6.44. The Morgan fingerprint density at radius 3 is 2.53 bits per heavy atom. The fraction of sp³-hybridized carbons (Fsp3) is 0.667. The van der Waals surface area contributed by atoms with Gasteiger partial charge in [0.05, 0.1) is 0 Å². The van der Waals surface area contributed by atoms with E-state index in [9.17, 15) is 0 Å². The van der Waals surface area contributed by atoms with Crippen LogP contribution >= 0.6 is 0 Å². The number of hydrogen-bond acceptors (Lipinski definition) is 3. The van der Waals surface area contributed by atoms with Gasteiger partial charge in [-0.1, -0.05) is 18.2 Å². The van der Waals surface area contributed by atoms with Crippen molar-refractivity contribution < 1.29 is 0 Å². The van der Waals surface area contributed by atoms with Crippen molar-refractivity contribution in [3.8, 4) is 0 Å². The van der Waals surface area contributed by atoms with Gasteiger partial charge < -0.3 is 16.0 Å². The number of rotatable bonds is 7. The van der Waals surface area contributed by atoms with Gasteiger partial charge in [-0.15, -0.1) is 0 Å². The number of likely N-dealkylation sites (N-methyl/N-ethyl adjacent to an activating group) is 2. The molecule has 0 rings (SSSR count). The Hall–Kier alpha value is -0.640. The predicted octanol–water partition coefficient (Wildman–Crippen LogP) is 0.987. The second-order valence-electron chi connectivity index (χ2n) is 3.89. The highest BCUT2D eigenvalue weighted by Crippen LogP contribution is 2.10. The SMILES string of the molecule is C/C=C\C(=C/CN)C[C@@H](CNC)N(C)C. The largest absolute Gasteiger partial charge is 0.327 e. The van der Waals surface area contributed by atoms with Crippen molar-refractivity contribution in [2.24, 2.45) is 5.73 Å². The Bertz CT molecular complexity index is 207. The number of nitrogens with one attached hydrogen (secondary N) is 1. The lowest BCUT2D eigenvalue weighted by Gasteiger charge is -2.24. The monoisotopic (exact) mass is 211 g/mol. The van der Waals surface area contributed by atoms with E-state index in [1.807, 2.05) is 14.0 Å². The van der Waals surface area contributed by atoms with Crippen LogP contribution in [0.15, 0.2) is 23.8 Å². The predicted molar refractivity (Wildman–Crippen MR) is 68.0 cm³/mol. The van der Waals surface area contributed by atoms with Gasteiger partial charge in [-0.3, -0.25) is 0 Å². The van der Waals surface area contributed by atoms with Gasteiger partial charge in [0.15, 0.2) is 0 Å². The molecule has 0 aliphatic rings. The zero-order valence-corrected chi connectivity index (χ0v) is 10.5. The first-order valence-electron chi connectivity index (χ1n) is 5.48. The standard InChI is InChI=1S/C12H25N3/c1-5-6-11(7-8-13)9-12(10-14-2)15(3)4/h5-7,12,14H,8-10,13H2,1-4H3/b6-5-,11-7+/t12-/m0/s1. The Balaban J connectivity index is 4.39. The highest BCUT2D eigenvalue weighted by molar-refractivity contribution is 5.19. The van der Waals surface area contributed by atoms with Gasteiger partial charge in [0.25, 0.3) is 0 Å². The lowest BCUT2D eigenvalue weighted by atomic mass is 10.0. The van der Waals surface area contributed by atoms with Gasteiger partial charge in [-0.25, -0.2) is 0 Å². The minimum Gasteiger partial charge on any atom is -0.327 e. The second-order valence-corrected chi connectivity index (χ2v) is 3.89. The normalized spacial score (nSPS) is 15.2. The van der Waals surface area contributed by atoms with Crippen LogP contribution in [0.4, 0.5) is 0 Å². The molecule has 0 unspecified atom stereocenters. The minimum atomic E-state index is 0.518. The van der Waals surface area contributed by atoms with Crippen LogP contribution in [0.1, 0.15) is 13.3 Å². The van der Waals surface area contributed by atoms with Crippen molar-refractivity contribution in [1.82, 2.24) is 10.2 Å². The minimum absolute atomic E-state index is 0.518. The van der Waals surface area contributed by atoms with E-state index in [1.165, 1.54) is 5.57 Å². The summed E-state index contributed by atoms with van der Waals surface area (Å²) < 4.78 is 0. The van der Waals surface area contributed by atoms with Crippen LogP contribution in [0.5, 0.6) is 0 Å². The van der Waals surface area contributed by atoms with Crippen LogP contribution in [-0.2, 0) is 0 Å². The summed E-state index contributed by atoms with van der Waals surface area (Å²) in [6.45, 7) is 3.64. The van der Waals surface area contributed by atoms with Crippen LogP contribution in [0.2, 0.25) is 0 Å². The zero-order chi connectivity index (χ0) is 11.7. The van der Waals surface area contributed by atoms with Crippen molar-refractivity contribution in [3.63, 3.8) is 0 Å². The molecule has 15 heavy (non-hydrogen) atoms. The average molecular weight is 211 g/mol. The first-order chi connectivity index (χ1) is 7.15. The van der Waals surface area contributed by atoms with Crippen LogP contribution in [0, 0.1) is 0 Å². The molecule has 88 valence electrons. The summed E-state index contributed by atoms with van der Waals surface area (Å²) in [4.78, 5) is 2.24. The molecule has 3 heteroatoms. The Kier molecular flexibility index (Phi) is 8.28. The van der Waals surface area contributed by atoms with Crippen LogP contribution in [0.3, 0.4) is 0 Å². The summed E-state index contributed by atoms with van der Waals surface area (Å²) in [6.07, 6.45) is 7.33. The molecule has 0 aromatic carbocycles. The topological polar surface area (TPSA) is 41.3 Å². The Morgan fingerprint density at radius 1 is 1.47 bits per heavy atom. The van der Waals surface area contributed by atoms with E-state index in [-0.39, 0.29) is 0 Å². The van der Waals surface area contributed by atoms with Gasteiger partial charge >= 0.3 is 0 Å². The summed E-state index contributed by atoms with van der Waals surface area (Å²) in [7, 11) is 6.20. The third-order valence-corrected chi connectivity index (χ3v) is 2.40. The molecule has 0 bridgehead atoms. The molecule has 0 aromatic rings. The second kappa shape index (κ2) is 8.65. The zero-order valence-electron chi connectivity index (χ0n) is 10.5. The molecule has 0 spiro atoms. The van der Waals surface area contributed by atoms with Gasteiger partial charge in [0.2, 0.25) is 0 Å². The lowest BCUT2D eigenvalue weighted by Crippen LogP contribution is -2.36. The van der Waals surface area contributed by atoms with E-state index in [0.717, 1.165) is 13.0 Å². The van der Waals surface area contributed by atoms with Gasteiger partial charge in [0.1, 0.15) is 0 Å². The maximum absolute atomic E-state index is 5.55. The number of hydrogen-bond donors (Lipinski definition) is 2. The molecule has 0 aliphatic heterocycles. The lowest BCUT2D eigenvalue weighted by molar-refractivity contribution is 0.287. The molecule has 0 radical (unpaired) electrons. The van der Waals surface area contributed by atoms with E-state index in [0.29, 0.717) is 12.6 Å². The van der Waals surface area contributed by atoms with E-state index < -0.39 is 0 Å². The van der Waals surface area contributed by atoms with Crippen molar-refractivity contribution in [3.05, 3.63) is 23.8 Å². The van der Waals surface area contributed by atoms with Gasteiger partial charge in [-0.2, -0.15) is 0 Å². The molecule has 3 N–H and O–H groups in total. The van der Waals surface area contributed by atoms with E-state index in [2.05, 4.69) is 42.5 Å². The van der Waals surface area contributed by atoms with Crippen LogP contribution < -0.4 is 11.1 Å². The van der Waals surface area contributed by atoms with Crippen LogP contribution in [0.25, 0.3) is 0 Å². The maximum atomic E-state index is 5.55. The molecule has 0 saturated heterocycles. The Labute approximate surface area is 94.0 Å². The summed E-state index contributed by atoms with van der Waals surface area (Å²) >= 11 is 0. The molecule has 0 aromatic heterocycles.